The lowest BCUT2D eigenvalue weighted by Gasteiger charge is -2.12. The number of aryl methyl sites for hydroxylation is 1. The fourth-order valence-corrected chi connectivity index (χ4v) is 3.33. The summed E-state index contributed by atoms with van der Waals surface area (Å²) in [4.78, 5) is -0.548. The van der Waals surface area contributed by atoms with Crippen molar-refractivity contribution < 1.29 is 27.0 Å². The van der Waals surface area contributed by atoms with Crippen LogP contribution in [0.3, 0.4) is 0 Å². The molecule has 0 amide bonds. The lowest BCUT2D eigenvalue weighted by Crippen LogP contribution is -2.16. The minimum Gasteiger partial charge on any atom is -0.497 e. The van der Waals surface area contributed by atoms with Crippen molar-refractivity contribution in [1.82, 2.24) is 9.78 Å². The van der Waals surface area contributed by atoms with E-state index in [0.29, 0.717) is 5.69 Å². The molecule has 0 aliphatic carbocycles. The number of hydrogen-bond acceptors (Lipinski definition) is 5. The average molecular weight is 361 g/mol. The average Bonchev–Trinajstić information content (AvgIpc) is 2.85. The van der Waals surface area contributed by atoms with Gasteiger partial charge in [0.05, 0.1) is 25.2 Å². The van der Waals surface area contributed by atoms with Crippen LogP contribution in [0.2, 0.25) is 0 Å². The number of nitrogens with zero attached hydrogens (tertiary/aromatic N) is 2. The molecule has 0 spiro atoms. The van der Waals surface area contributed by atoms with Crippen LogP contribution in [-0.2, 0) is 16.6 Å². The van der Waals surface area contributed by atoms with Crippen molar-refractivity contribution in [3.8, 4) is 5.75 Å². The van der Waals surface area contributed by atoms with E-state index in [1.165, 1.54) is 23.9 Å². The predicted octanol–water partition coefficient (Wildman–Crippen LogP) is 1.93. The number of ether oxygens (including phenoxy) is 1. The molecule has 1 heterocycles. The molecule has 0 aliphatic rings. The third-order valence-electron chi connectivity index (χ3n) is 3.27. The number of sulfonamides is 1. The Bertz CT molecular complexity index is 821. The number of aromatic nitrogens is 2. The summed E-state index contributed by atoms with van der Waals surface area (Å²) in [6.45, 7) is 1.71. The van der Waals surface area contributed by atoms with Crippen LogP contribution in [-0.4, -0.2) is 37.0 Å². The first-order chi connectivity index (χ1) is 11.3. The summed E-state index contributed by atoms with van der Waals surface area (Å²) in [7, 11) is -2.96. The number of benzene rings is 1. The number of hydrogen-bond donors (Lipinski definition) is 2. The van der Waals surface area contributed by atoms with Gasteiger partial charge in [-0.2, -0.15) is 5.10 Å². The van der Waals surface area contributed by atoms with Gasteiger partial charge in [0.25, 0.3) is 16.4 Å². The van der Waals surface area contributed by atoms with E-state index in [4.69, 9.17) is 9.84 Å². The molecule has 7 nitrogen and oxygen atoms in total. The van der Waals surface area contributed by atoms with Crippen molar-refractivity contribution in [1.29, 1.82) is 0 Å². The summed E-state index contributed by atoms with van der Waals surface area (Å²) in [5.74, 6) is 0.115. The van der Waals surface area contributed by atoms with Crippen molar-refractivity contribution in [3.05, 3.63) is 35.5 Å². The molecule has 0 saturated heterocycles. The van der Waals surface area contributed by atoms with Crippen molar-refractivity contribution >= 4 is 15.8 Å². The summed E-state index contributed by atoms with van der Waals surface area (Å²) in [5, 5.41) is 12.9. The Morgan fingerprint density at radius 1 is 1.38 bits per heavy atom. The Labute approximate surface area is 137 Å². The largest absolute Gasteiger partial charge is 0.497 e. The third-order valence-corrected chi connectivity index (χ3v) is 4.70. The summed E-state index contributed by atoms with van der Waals surface area (Å²) in [6, 6.07) is 4.77. The van der Waals surface area contributed by atoms with Gasteiger partial charge in [-0.25, -0.2) is 17.2 Å². The highest BCUT2D eigenvalue weighted by atomic mass is 32.2. The minimum atomic E-state index is -4.26. The predicted molar refractivity (Wildman–Crippen MR) is 82.8 cm³/mol. The molecule has 2 N–H and O–H groups in total. The molecule has 0 radical (unpaired) electrons. The van der Waals surface area contributed by atoms with Crippen LogP contribution in [0.15, 0.2) is 29.2 Å². The summed E-state index contributed by atoms with van der Waals surface area (Å²) in [6.07, 6.45) is -2.99. The molecule has 0 fully saturated rings. The van der Waals surface area contributed by atoms with E-state index >= 15 is 0 Å². The van der Waals surface area contributed by atoms with Crippen molar-refractivity contribution in [2.45, 2.75) is 24.8 Å². The molecular formula is C14H17F2N3O4S. The number of anilines is 1. The Kier molecular flexibility index (Phi) is 5.40. The van der Waals surface area contributed by atoms with Crippen molar-refractivity contribution in [3.63, 3.8) is 0 Å². The van der Waals surface area contributed by atoms with E-state index in [-0.39, 0.29) is 24.7 Å². The number of alkyl halides is 2. The molecule has 1 aromatic carbocycles. The summed E-state index contributed by atoms with van der Waals surface area (Å²) in [5.41, 5.74) is -0.0427. The van der Waals surface area contributed by atoms with Gasteiger partial charge < -0.3 is 9.84 Å². The molecule has 0 unspecified atom stereocenters. The molecular weight excluding hydrogens is 344 g/mol. The first-order valence-electron chi connectivity index (χ1n) is 6.92. The highest BCUT2D eigenvalue weighted by molar-refractivity contribution is 7.92. The maximum atomic E-state index is 13.2. The molecule has 24 heavy (non-hydrogen) atoms. The van der Waals surface area contributed by atoms with Gasteiger partial charge in [-0.05, 0) is 25.1 Å². The lowest BCUT2D eigenvalue weighted by atomic mass is 10.2. The third kappa shape index (κ3) is 3.82. The SMILES string of the molecule is COc1ccc(S(=O)(=O)Nc2cc(C)n(CCO)n2)c(C(F)F)c1. The van der Waals surface area contributed by atoms with E-state index in [1.54, 1.807) is 6.92 Å². The first kappa shape index (κ1) is 18.1. The van der Waals surface area contributed by atoms with Gasteiger partial charge in [0.15, 0.2) is 5.82 Å². The summed E-state index contributed by atoms with van der Waals surface area (Å²) >= 11 is 0. The van der Waals surface area contributed by atoms with E-state index in [2.05, 4.69) is 9.82 Å². The first-order valence-corrected chi connectivity index (χ1v) is 8.41. The monoisotopic (exact) mass is 361 g/mol. The minimum absolute atomic E-state index is 0.0167. The van der Waals surface area contributed by atoms with Crippen LogP contribution in [0.25, 0.3) is 0 Å². The fourth-order valence-electron chi connectivity index (χ4n) is 2.14. The van der Waals surface area contributed by atoms with Gasteiger partial charge in [0, 0.05) is 17.3 Å². The second kappa shape index (κ2) is 7.14. The Balaban J connectivity index is 2.38. The molecule has 10 heteroatoms. The quantitative estimate of drug-likeness (QED) is 0.786. The zero-order chi connectivity index (χ0) is 17.9. The molecule has 132 valence electrons. The van der Waals surface area contributed by atoms with Crippen LogP contribution in [0.5, 0.6) is 5.75 Å². The van der Waals surface area contributed by atoms with Gasteiger partial charge in [0.1, 0.15) is 5.75 Å². The van der Waals surface area contributed by atoms with E-state index in [0.717, 1.165) is 12.1 Å². The second-order valence-corrected chi connectivity index (χ2v) is 6.58. The Morgan fingerprint density at radius 3 is 2.67 bits per heavy atom. The van der Waals surface area contributed by atoms with E-state index in [9.17, 15) is 17.2 Å². The highest BCUT2D eigenvalue weighted by Gasteiger charge is 2.25. The van der Waals surface area contributed by atoms with Crippen LogP contribution in [0.1, 0.15) is 17.7 Å². The number of nitrogens with one attached hydrogen (secondary N) is 1. The van der Waals surface area contributed by atoms with Crippen LogP contribution in [0, 0.1) is 6.92 Å². The molecule has 0 saturated carbocycles. The van der Waals surface area contributed by atoms with Gasteiger partial charge in [-0.3, -0.25) is 9.40 Å². The van der Waals surface area contributed by atoms with Crippen LogP contribution >= 0.6 is 0 Å². The lowest BCUT2D eigenvalue weighted by molar-refractivity contribution is 0.147. The summed E-state index contributed by atoms with van der Waals surface area (Å²) < 4.78 is 59.6. The number of halogens is 2. The van der Waals surface area contributed by atoms with E-state index in [1.807, 2.05) is 0 Å². The fraction of sp³-hybridized carbons (Fsp3) is 0.357. The van der Waals surface area contributed by atoms with E-state index < -0.39 is 26.9 Å². The number of aliphatic hydroxyl groups is 1. The number of methoxy groups -OCH3 is 1. The van der Waals surface area contributed by atoms with Gasteiger partial charge >= 0.3 is 0 Å². The Morgan fingerprint density at radius 2 is 2.08 bits per heavy atom. The molecule has 2 rings (SSSR count). The van der Waals surface area contributed by atoms with Gasteiger partial charge in [-0.15, -0.1) is 0 Å². The zero-order valence-electron chi connectivity index (χ0n) is 13.0. The normalized spacial score (nSPS) is 11.8. The maximum absolute atomic E-state index is 13.2. The number of aliphatic hydroxyl groups excluding tert-OH is 1. The smallest absolute Gasteiger partial charge is 0.265 e. The van der Waals surface area contributed by atoms with Gasteiger partial charge in [-0.1, -0.05) is 0 Å². The Hall–Kier alpha value is -2.20. The van der Waals surface area contributed by atoms with Gasteiger partial charge in [0.2, 0.25) is 0 Å². The van der Waals surface area contributed by atoms with Crippen molar-refractivity contribution in [2.24, 2.45) is 0 Å². The maximum Gasteiger partial charge on any atom is 0.265 e. The zero-order valence-corrected chi connectivity index (χ0v) is 13.8. The highest BCUT2D eigenvalue weighted by Crippen LogP contribution is 2.31. The number of rotatable bonds is 7. The molecule has 0 bridgehead atoms. The van der Waals surface area contributed by atoms with Crippen LogP contribution in [0.4, 0.5) is 14.6 Å². The standard InChI is InChI=1S/C14H17F2N3O4S/c1-9-7-13(17-19(9)5-6-20)18-24(21,22)12-4-3-10(23-2)8-11(12)14(15)16/h3-4,7-8,14,20H,5-6H2,1-2H3,(H,17,18). The second-order valence-electron chi connectivity index (χ2n) is 4.93. The molecule has 0 atom stereocenters. The topological polar surface area (TPSA) is 93.5 Å². The van der Waals surface area contributed by atoms with Crippen molar-refractivity contribution in [2.75, 3.05) is 18.4 Å². The van der Waals surface area contributed by atoms with Crippen LogP contribution < -0.4 is 9.46 Å². The molecule has 0 aliphatic heterocycles. The molecule has 2 aromatic rings. The molecule has 1 aromatic heterocycles.